The molecule has 38 heavy (non-hydrogen) atoms. The summed E-state index contributed by atoms with van der Waals surface area (Å²) in [7, 11) is -2.53. The summed E-state index contributed by atoms with van der Waals surface area (Å²) in [6, 6.07) is 6.84. The van der Waals surface area contributed by atoms with Crippen LogP contribution in [0.2, 0.25) is 18.1 Å². The van der Waals surface area contributed by atoms with E-state index >= 15 is 0 Å². The Bertz CT molecular complexity index is 1160. The van der Waals surface area contributed by atoms with E-state index in [1.165, 1.54) is 17.0 Å². The molecule has 1 aliphatic carbocycles. The molecule has 208 valence electrons. The van der Waals surface area contributed by atoms with E-state index in [2.05, 4.69) is 14.5 Å². The van der Waals surface area contributed by atoms with Crippen molar-refractivity contribution in [3.8, 4) is 11.5 Å². The Kier molecular flexibility index (Phi) is 9.19. The van der Waals surface area contributed by atoms with Crippen molar-refractivity contribution in [2.24, 2.45) is 0 Å². The van der Waals surface area contributed by atoms with Gasteiger partial charge >= 0.3 is 13.2 Å². The maximum absolute atomic E-state index is 15.0. The fourth-order valence-electron chi connectivity index (χ4n) is 3.51. The molecule has 0 aliphatic heterocycles. The summed E-state index contributed by atoms with van der Waals surface area (Å²) in [5.74, 6) is -2.32. The zero-order valence-electron chi connectivity index (χ0n) is 21.6. The molecule has 2 unspecified atom stereocenters. The lowest BCUT2D eigenvalue weighted by atomic mass is 10.0. The van der Waals surface area contributed by atoms with Crippen LogP contribution >= 0.6 is 0 Å². The Balaban J connectivity index is 2.10. The molecule has 1 aliphatic rings. The molecular weight excluding hydrogens is 530 g/mol. The number of aromatic nitrogens is 1. The Hall–Kier alpha value is -2.99. The van der Waals surface area contributed by atoms with Gasteiger partial charge in [0.25, 0.3) is 0 Å². The molecule has 5 nitrogen and oxygen atoms in total. The Morgan fingerprint density at radius 3 is 2.26 bits per heavy atom. The van der Waals surface area contributed by atoms with E-state index in [9.17, 15) is 26.3 Å². The smallest absolute Gasteiger partial charge is 0.387 e. The van der Waals surface area contributed by atoms with Gasteiger partial charge in [-0.05, 0) is 54.0 Å². The molecular formula is C26H30F6N2O3Si. The topological polar surface area (TPSA) is 43.8 Å². The second-order valence-electron chi connectivity index (χ2n) is 10.2. The summed E-state index contributed by atoms with van der Waals surface area (Å²) >= 11 is 0. The van der Waals surface area contributed by atoms with E-state index in [0.29, 0.717) is 5.56 Å². The molecule has 1 heterocycles. The van der Waals surface area contributed by atoms with Gasteiger partial charge < -0.3 is 18.8 Å². The first kappa shape index (κ1) is 29.6. The molecule has 0 radical (unpaired) electrons. The van der Waals surface area contributed by atoms with Gasteiger partial charge in [-0.1, -0.05) is 26.8 Å². The van der Waals surface area contributed by atoms with Crippen LogP contribution in [0.25, 0.3) is 0 Å². The molecule has 0 spiro atoms. The predicted octanol–water partition coefficient (Wildman–Crippen LogP) is 7.77. The van der Waals surface area contributed by atoms with Crippen LogP contribution in [0.15, 0.2) is 66.4 Å². The molecule has 1 aromatic carbocycles. The lowest BCUT2D eigenvalue weighted by Crippen LogP contribution is -2.46. The maximum Gasteiger partial charge on any atom is 0.387 e. The number of allylic oxidation sites excluding steroid dienone is 1. The van der Waals surface area contributed by atoms with Crippen LogP contribution in [0.1, 0.15) is 26.3 Å². The third kappa shape index (κ3) is 7.31. The van der Waals surface area contributed by atoms with E-state index in [-0.39, 0.29) is 23.0 Å². The molecule has 1 aromatic heterocycles. The van der Waals surface area contributed by atoms with Crippen molar-refractivity contribution >= 4 is 14.0 Å². The highest BCUT2D eigenvalue weighted by atomic mass is 28.4. The van der Waals surface area contributed by atoms with E-state index in [4.69, 9.17) is 4.43 Å². The summed E-state index contributed by atoms with van der Waals surface area (Å²) in [6.07, 6.45) is 2.24. The number of hydrogen-bond acceptors (Lipinski definition) is 5. The van der Waals surface area contributed by atoms with Crippen molar-refractivity contribution in [3.05, 3.63) is 72.0 Å². The Labute approximate surface area is 218 Å². The molecule has 0 N–H and O–H groups in total. The second-order valence-corrected chi connectivity index (χ2v) is 15.0. The number of pyridine rings is 1. The molecule has 2 aromatic rings. The first-order chi connectivity index (χ1) is 17.7. The van der Waals surface area contributed by atoms with Gasteiger partial charge in [-0.2, -0.15) is 17.6 Å². The van der Waals surface area contributed by atoms with E-state index in [1.807, 2.05) is 33.9 Å². The van der Waals surface area contributed by atoms with Gasteiger partial charge in [0.15, 0.2) is 26.0 Å². The van der Waals surface area contributed by atoms with Crippen molar-refractivity contribution in [3.63, 3.8) is 0 Å². The maximum atomic E-state index is 15.0. The molecule has 2 atom stereocenters. The lowest BCUT2D eigenvalue weighted by Gasteiger charge is -2.40. The lowest BCUT2D eigenvalue weighted by molar-refractivity contribution is -0.0692. The van der Waals surface area contributed by atoms with Crippen LogP contribution in [-0.4, -0.2) is 38.8 Å². The first-order valence-corrected chi connectivity index (χ1v) is 14.7. The molecule has 3 rings (SSSR count). The fraction of sp³-hybridized carbons (Fsp3) is 0.423. The van der Waals surface area contributed by atoms with Crippen molar-refractivity contribution < 1.29 is 40.2 Å². The van der Waals surface area contributed by atoms with Gasteiger partial charge in [-0.15, -0.1) is 0 Å². The monoisotopic (exact) mass is 560 g/mol. The molecule has 0 amide bonds. The van der Waals surface area contributed by atoms with Crippen LogP contribution in [0.3, 0.4) is 0 Å². The SMILES string of the molecule is CC(C)(C)[Si](C)(C)OC1C=C(N(Cc2cccnc2)c2ccc(OC(F)F)c(OC(F)F)c2)C=C(F)C1F. The molecule has 12 heteroatoms. The summed E-state index contributed by atoms with van der Waals surface area (Å²) in [4.78, 5) is 5.55. The van der Waals surface area contributed by atoms with E-state index in [0.717, 1.165) is 18.2 Å². The first-order valence-electron chi connectivity index (χ1n) is 11.8. The standard InChI is InChI=1S/C26H30F6N2O3Si/c1-26(2,3)38(4,5)37-22-13-18(11-19(27)23(22)28)34(15-16-7-6-10-33-14-16)17-8-9-20(35-24(29)30)21(12-17)36-25(31)32/h6-14,22-25H,15H2,1-5H3. The third-order valence-corrected chi connectivity index (χ3v) is 10.9. The average Bonchev–Trinajstić information content (AvgIpc) is 2.81. The largest absolute Gasteiger partial charge is 0.431 e. The number of anilines is 1. The second kappa shape index (κ2) is 11.8. The highest BCUT2D eigenvalue weighted by Crippen LogP contribution is 2.41. The van der Waals surface area contributed by atoms with Crippen LogP contribution < -0.4 is 14.4 Å². The number of rotatable bonds is 10. The summed E-state index contributed by atoms with van der Waals surface area (Å²) in [5.41, 5.74) is 0.995. The summed E-state index contributed by atoms with van der Waals surface area (Å²) in [5, 5.41) is -0.282. The van der Waals surface area contributed by atoms with Gasteiger partial charge in [0.05, 0.1) is 0 Å². The van der Waals surface area contributed by atoms with Crippen molar-refractivity contribution in [2.75, 3.05) is 4.90 Å². The molecule has 0 saturated heterocycles. The third-order valence-electron chi connectivity index (χ3n) is 6.46. The highest BCUT2D eigenvalue weighted by Gasteiger charge is 2.42. The number of halogens is 6. The van der Waals surface area contributed by atoms with Crippen LogP contribution in [0, 0.1) is 0 Å². The highest BCUT2D eigenvalue weighted by molar-refractivity contribution is 6.74. The number of hydrogen-bond donors (Lipinski definition) is 0. The zero-order valence-corrected chi connectivity index (χ0v) is 22.6. The van der Waals surface area contributed by atoms with E-state index in [1.54, 1.807) is 24.5 Å². The van der Waals surface area contributed by atoms with Gasteiger partial charge in [0.2, 0.25) is 0 Å². The van der Waals surface area contributed by atoms with Crippen molar-refractivity contribution in [1.82, 2.24) is 4.98 Å². The average molecular weight is 561 g/mol. The number of alkyl halides is 5. The number of nitrogens with zero attached hydrogens (tertiary/aromatic N) is 2. The van der Waals surface area contributed by atoms with Crippen LogP contribution in [0.4, 0.5) is 32.0 Å². The van der Waals surface area contributed by atoms with Gasteiger partial charge in [0, 0.05) is 36.4 Å². The normalized spacial score (nSPS) is 18.3. The predicted molar refractivity (Wildman–Crippen MR) is 134 cm³/mol. The number of benzene rings is 1. The zero-order chi connectivity index (χ0) is 28.3. The minimum atomic E-state index is -3.32. The number of ether oxygens (including phenoxy) is 2. The van der Waals surface area contributed by atoms with Crippen molar-refractivity contribution in [2.45, 2.75) is 70.9 Å². The van der Waals surface area contributed by atoms with Crippen molar-refractivity contribution in [1.29, 1.82) is 0 Å². The summed E-state index contributed by atoms with van der Waals surface area (Å²) in [6.45, 7) is 3.17. The van der Waals surface area contributed by atoms with E-state index < -0.39 is 51.1 Å². The van der Waals surface area contributed by atoms with Crippen LogP contribution in [0.5, 0.6) is 11.5 Å². The van der Waals surface area contributed by atoms with Gasteiger partial charge in [0.1, 0.15) is 11.9 Å². The minimum Gasteiger partial charge on any atom is -0.431 e. The summed E-state index contributed by atoms with van der Waals surface area (Å²) < 4.78 is 96.6. The quantitative estimate of drug-likeness (QED) is 0.219. The molecule has 0 saturated carbocycles. The Morgan fingerprint density at radius 2 is 1.68 bits per heavy atom. The minimum absolute atomic E-state index is 0.0520. The Morgan fingerprint density at radius 1 is 1.03 bits per heavy atom. The fourth-order valence-corrected chi connectivity index (χ4v) is 4.73. The molecule has 0 bridgehead atoms. The molecule has 0 fully saturated rings. The van der Waals surface area contributed by atoms with Crippen LogP contribution in [-0.2, 0) is 11.0 Å². The van der Waals surface area contributed by atoms with Gasteiger partial charge in [-0.3, -0.25) is 4.98 Å². The van der Waals surface area contributed by atoms with Gasteiger partial charge in [-0.25, -0.2) is 8.78 Å².